The number of rotatable bonds is 13. The van der Waals surface area contributed by atoms with E-state index in [2.05, 4.69) is 20.6 Å². The second-order valence-electron chi connectivity index (χ2n) is 12.7. The number of carbonyl (C=O) groups excluding carboxylic acids is 2. The first-order chi connectivity index (χ1) is 24.2. The first-order valence-electron chi connectivity index (χ1n) is 16.9. The third-order valence-electron chi connectivity index (χ3n) is 9.36. The van der Waals surface area contributed by atoms with E-state index in [4.69, 9.17) is 42.6 Å². The zero-order valence-electron chi connectivity index (χ0n) is 28.5. The Bertz CT molecular complexity index is 1870. The summed E-state index contributed by atoms with van der Waals surface area (Å²) in [6.45, 7) is 4.44. The lowest BCUT2D eigenvalue weighted by atomic mass is 9.98. The highest BCUT2D eigenvalue weighted by molar-refractivity contribution is 6.39. The van der Waals surface area contributed by atoms with Gasteiger partial charge in [-0.05, 0) is 38.0 Å². The fourth-order valence-corrected chi connectivity index (χ4v) is 7.29. The summed E-state index contributed by atoms with van der Waals surface area (Å²) in [4.78, 5) is 44.0. The second-order valence-corrected chi connectivity index (χ2v) is 13.5. The first kappa shape index (κ1) is 35.5. The number of carbonyl (C=O) groups is 2. The van der Waals surface area contributed by atoms with Gasteiger partial charge in [0.05, 0.1) is 48.0 Å². The third kappa shape index (κ3) is 8.01. The Hall–Kier alpha value is -4.32. The van der Waals surface area contributed by atoms with E-state index < -0.39 is 0 Å². The number of amides is 2. The topological polar surface area (TPSA) is 131 Å². The van der Waals surface area contributed by atoms with Crippen molar-refractivity contribution in [2.24, 2.45) is 5.92 Å². The van der Waals surface area contributed by atoms with Crippen molar-refractivity contribution in [3.63, 3.8) is 0 Å². The van der Waals surface area contributed by atoms with Gasteiger partial charge >= 0.3 is 0 Å². The van der Waals surface area contributed by atoms with Crippen LogP contribution in [-0.4, -0.2) is 76.5 Å². The zero-order valence-corrected chi connectivity index (χ0v) is 30.0. The molecule has 13 heteroatoms. The molecule has 4 aromatic rings. The van der Waals surface area contributed by atoms with Crippen molar-refractivity contribution in [2.45, 2.75) is 58.0 Å². The number of hydrogen-bond acceptors (Lipinski definition) is 9. The molecule has 2 N–H and O–H groups in total. The van der Waals surface area contributed by atoms with Gasteiger partial charge in [0.15, 0.2) is 0 Å². The molecule has 0 saturated carbocycles. The molecule has 2 fully saturated rings. The van der Waals surface area contributed by atoms with Crippen LogP contribution >= 0.6 is 23.2 Å². The number of ether oxygens (including phenoxy) is 2. The molecule has 0 bridgehead atoms. The van der Waals surface area contributed by atoms with Crippen LogP contribution in [0.1, 0.15) is 50.4 Å². The molecule has 2 atom stereocenters. The van der Waals surface area contributed by atoms with Crippen molar-refractivity contribution in [3.8, 4) is 45.4 Å². The summed E-state index contributed by atoms with van der Waals surface area (Å²) < 4.78 is 11.2. The number of benzene rings is 2. The van der Waals surface area contributed by atoms with Crippen LogP contribution in [0.2, 0.25) is 10.0 Å². The quantitative estimate of drug-likeness (QED) is 0.167. The van der Waals surface area contributed by atoms with Gasteiger partial charge in [0, 0.05) is 67.8 Å². The predicted molar refractivity (Wildman–Crippen MR) is 193 cm³/mol. The normalized spacial score (nSPS) is 17.2. The van der Waals surface area contributed by atoms with Crippen LogP contribution in [0.15, 0.2) is 48.8 Å². The number of aromatic nitrogens is 4. The first-order valence-corrected chi connectivity index (χ1v) is 17.6. The molecule has 50 heavy (non-hydrogen) atoms. The Morgan fingerprint density at radius 3 is 2.08 bits per heavy atom. The van der Waals surface area contributed by atoms with Gasteiger partial charge in [-0.15, -0.1) is 0 Å². The summed E-state index contributed by atoms with van der Waals surface area (Å²) in [5.74, 6) is 1.50. The predicted octanol–water partition coefficient (Wildman–Crippen LogP) is 6.15. The molecule has 4 heterocycles. The molecule has 6 rings (SSSR count). The van der Waals surface area contributed by atoms with Gasteiger partial charge in [-0.1, -0.05) is 59.6 Å². The maximum absolute atomic E-state index is 11.7. The van der Waals surface area contributed by atoms with Crippen molar-refractivity contribution in [2.75, 3.05) is 33.9 Å². The monoisotopic (exact) mass is 717 g/mol. The van der Waals surface area contributed by atoms with Crippen molar-refractivity contribution in [1.82, 2.24) is 35.5 Å². The number of nitrogens with one attached hydrogen (secondary N) is 2. The smallest absolute Gasteiger partial charge is 0.237 e. The van der Waals surface area contributed by atoms with Crippen LogP contribution in [-0.2, 0) is 22.6 Å². The number of methoxy groups -OCH3 is 2. The lowest BCUT2D eigenvalue weighted by Crippen LogP contribution is -2.29. The average molecular weight is 719 g/mol. The molecule has 11 nitrogen and oxygen atoms in total. The highest BCUT2D eigenvalue weighted by Crippen LogP contribution is 2.42. The molecule has 2 aromatic heterocycles. The Labute approximate surface area is 302 Å². The van der Waals surface area contributed by atoms with Crippen molar-refractivity contribution < 1.29 is 19.1 Å². The number of hydrogen-bond donors (Lipinski definition) is 2. The molecule has 262 valence electrons. The lowest BCUT2D eigenvalue weighted by molar-refractivity contribution is -0.128. The van der Waals surface area contributed by atoms with Crippen molar-refractivity contribution in [1.29, 1.82) is 0 Å². The highest BCUT2D eigenvalue weighted by atomic mass is 35.5. The van der Waals surface area contributed by atoms with Gasteiger partial charge in [0.25, 0.3) is 0 Å². The summed E-state index contributed by atoms with van der Waals surface area (Å²) in [5, 5.41) is 7.41. The summed E-state index contributed by atoms with van der Waals surface area (Å²) in [5.41, 5.74) is 5.44. The molecule has 2 amide bonds. The Kier molecular flexibility index (Phi) is 11.5. The maximum Gasteiger partial charge on any atom is 0.237 e. The molecule has 2 aliphatic rings. The van der Waals surface area contributed by atoms with Crippen LogP contribution in [0.3, 0.4) is 0 Å². The minimum atomic E-state index is 0.119. The Balaban J connectivity index is 1.18. The molecule has 0 aliphatic carbocycles. The van der Waals surface area contributed by atoms with Gasteiger partial charge in [-0.2, -0.15) is 0 Å². The Morgan fingerprint density at radius 2 is 1.52 bits per heavy atom. The van der Waals surface area contributed by atoms with Crippen LogP contribution in [0.4, 0.5) is 0 Å². The molecule has 0 radical (unpaired) electrons. The van der Waals surface area contributed by atoms with Crippen LogP contribution in [0.5, 0.6) is 11.8 Å². The standard InChI is InChI=1S/C37H41Cl2N7O4/c1-22(47)46-16-15-23(21-46)17-40-18-32-37(50-3)45-31(20-42-32)28-11-6-9-26(35(28)39)25-8-5-10-27(34(25)38)30-19-41-29(36(44-30)49-2)12-4-7-24-13-14-33(48)43-24/h5-6,8-11,19-20,23-24,40H,4,7,12-18,21H2,1-3H3,(H,43,48)/t23?,24-/m1/s1. The Morgan fingerprint density at radius 1 is 0.920 bits per heavy atom. The molecule has 2 aromatic carbocycles. The van der Waals surface area contributed by atoms with Gasteiger partial charge < -0.3 is 25.0 Å². The van der Waals surface area contributed by atoms with E-state index in [-0.39, 0.29) is 17.9 Å². The summed E-state index contributed by atoms with van der Waals surface area (Å²) in [7, 11) is 3.16. The summed E-state index contributed by atoms with van der Waals surface area (Å²) in [6.07, 6.45) is 8.29. The summed E-state index contributed by atoms with van der Waals surface area (Å²) >= 11 is 14.1. The minimum absolute atomic E-state index is 0.119. The second kappa shape index (κ2) is 16.1. The van der Waals surface area contributed by atoms with E-state index in [0.29, 0.717) is 75.3 Å². The fourth-order valence-electron chi connectivity index (χ4n) is 6.64. The SMILES string of the molecule is COc1nc(-c2cccc(-c3cccc(-c4cnc(CNCC5CCN(C(C)=O)C5)c(OC)n4)c3Cl)c2Cl)cnc1CCC[C@@H]1CCC(=O)N1. The van der Waals surface area contributed by atoms with Gasteiger partial charge in [-0.25, -0.2) is 9.97 Å². The van der Waals surface area contributed by atoms with E-state index >= 15 is 0 Å². The molecule has 2 saturated heterocycles. The van der Waals surface area contributed by atoms with E-state index in [1.165, 1.54) is 0 Å². The molecular formula is C37H41Cl2N7O4. The van der Waals surface area contributed by atoms with E-state index in [1.807, 2.05) is 41.3 Å². The zero-order chi connectivity index (χ0) is 35.2. The lowest BCUT2D eigenvalue weighted by Gasteiger charge is -2.16. The van der Waals surface area contributed by atoms with E-state index in [0.717, 1.165) is 62.1 Å². The van der Waals surface area contributed by atoms with E-state index in [9.17, 15) is 9.59 Å². The number of halogens is 2. The van der Waals surface area contributed by atoms with Crippen LogP contribution < -0.4 is 20.1 Å². The fraction of sp³-hybridized carbons (Fsp3) is 0.405. The molecule has 0 spiro atoms. The third-order valence-corrected chi connectivity index (χ3v) is 10.2. The van der Waals surface area contributed by atoms with Crippen LogP contribution in [0, 0.1) is 5.92 Å². The van der Waals surface area contributed by atoms with E-state index in [1.54, 1.807) is 33.5 Å². The number of aryl methyl sites for hydroxylation is 1. The van der Waals surface area contributed by atoms with Gasteiger partial charge in [0.2, 0.25) is 23.6 Å². The van der Waals surface area contributed by atoms with Crippen molar-refractivity contribution >= 4 is 35.0 Å². The van der Waals surface area contributed by atoms with Crippen molar-refractivity contribution in [3.05, 3.63) is 70.2 Å². The molecule has 1 unspecified atom stereocenters. The van der Waals surface area contributed by atoms with Crippen LogP contribution in [0.25, 0.3) is 33.6 Å². The highest BCUT2D eigenvalue weighted by Gasteiger charge is 2.25. The maximum atomic E-state index is 11.7. The largest absolute Gasteiger partial charge is 0.480 e. The van der Waals surface area contributed by atoms with Gasteiger partial charge in [-0.3, -0.25) is 19.6 Å². The minimum Gasteiger partial charge on any atom is -0.480 e. The summed E-state index contributed by atoms with van der Waals surface area (Å²) in [6, 6.07) is 11.6. The average Bonchev–Trinajstić information content (AvgIpc) is 3.78. The number of nitrogens with zero attached hydrogens (tertiary/aromatic N) is 5. The molecular weight excluding hydrogens is 677 g/mol. The molecule has 2 aliphatic heterocycles. The number of likely N-dealkylation sites (tertiary alicyclic amines) is 1. The van der Waals surface area contributed by atoms with Gasteiger partial charge in [0.1, 0.15) is 11.4 Å².